The van der Waals surface area contributed by atoms with Crippen LogP contribution in [0.15, 0.2) is 0 Å². The third kappa shape index (κ3) is 5.01. The van der Waals surface area contributed by atoms with Crippen molar-refractivity contribution in [2.75, 3.05) is 33.5 Å². The van der Waals surface area contributed by atoms with E-state index in [1.165, 1.54) is 25.7 Å². The summed E-state index contributed by atoms with van der Waals surface area (Å²) in [7, 11) is 1.69. The Hall–Kier alpha value is -0.120. The Kier molecular flexibility index (Phi) is 8.08. The van der Waals surface area contributed by atoms with Gasteiger partial charge >= 0.3 is 0 Å². The van der Waals surface area contributed by atoms with Crippen LogP contribution in [0.2, 0.25) is 0 Å². The van der Waals surface area contributed by atoms with Crippen molar-refractivity contribution in [1.82, 2.24) is 0 Å². The summed E-state index contributed by atoms with van der Waals surface area (Å²) in [4.78, 5) is 0. The molecule has 0 aromatic carbocycles. The largest absolute Gasteiger partial charge is 0.382 e. The summed E-state index contributed by atoms with van der Waals surface area (Å²) in [5.41, 5.74) is 0.351. The van der Waals surface area contributed by atoms with Crippen LogP contribution in [0.4, 0.5) is 0 Å². The molecule has 0 aromatic rings. The third-order valence-corrected chi connectivity index (χ3v) is 5.05. The van der Waals surface area contributed by atoms with Crippen molar-refractivity contribution in [1.29, 1.82) is 0 Å². The number of ether oxygens (including phenoxy) is 3. The molecule has 0 heterocycles. The molecule has 3 nitrogen and oxygen atoms in total. The summed E-state index contributed by atoms with van der Waals surface area (Å²) in [5.74, 6) is 1.50. The number of rotatable bonds is 9. The Labute approximate surface area is 125 Å². The summed E-state index contributed by atoms with van der Waals surface area (Å²) < 4.78 is 16.5. The minimum absolute atomic E-state index is 0.316. The quantitative estimate of drug-likeness (QED) is 0.602. The van der Waals surface area contributed by atoms with Gasteiger partial charge in [0, 0.05) is 7.11 Å². The molecule has 0 spiro atoms. The van der Waals surface area contributed by atoms with Gasteiger partial charge in [-0.3, -0.25) is 0 Å². The molecule has 0 saturated heterocycles. The lowest BCUT2D eigenvalue weighted by Gasteiger charge is -2.47. The van der Waals surface area contributed by atoms with Gasteiger partial charge in [-0.1, -0.05) is 33.6 Å². The van der Waals surface area contributed by atoms with Crippen molar-refractivity contribution < 1.29 is 14.2 Å². The molecule has 0 N–H and O–H groups in total. The first-order valence-corrected chi connectivity index (χ1v) is 8.21. The molecule has 0 radical (unpaired) electrons. The van der Waals surface area contributed by atoms with Crippen molar-refractivity contribution in [2.45, 2.75) is 59.5 Å². The van der Waals surface area contributed by atoms with Crippen LogP contribution in [-0.4, -0.2) is 39.6 Å². The Morgan fingerprint density at radius 2 is 1.80 bits per heavy atom. The van der Waals surface area contributed by atoms with Gasteiger partial charge < -0.3 is 14.2 Å². The van der Waals surface area contributed by atoms with E-state index in [1.807, 2.05) is 0 Å². The van der Waals surface area contributed by atoms with E-state index in [1.54, 1.807) is 7.11 Å². The molecule has 0 aliphatic heterocycles. The van der Waals surface area contributed by atoms with Gasteiger partial charge in [-0.05, 0) is 37.0 Å². The zero-order chi connectivity index (χ0) is 15.0. The fourth-order valence-corrected chi connectivity index (χ4v) is 3.69. The van der Waals surface area contributed by atoms with Crippen LogP contribution in [0.1, 0.15) is 53.4 Å². The second-order valence-corrected chi connectivity index (χ2v) is 6.71. The molecule has 0 amide bonds. The molecule has 1 aliphatic carbocycles. The standard InChI is InChI=1S/C17H34O3/c1-14(2)17(8-6-7-15(3)13-17)16(4)20-12-11-19-10-9-18-5/h14-16H,6-13H2,1-5H3/t15-,16+,17?/m1/s1. The Bertz CT molecular complexity index is 255. The van der Waals surface area contributed by atoms with Crippen molar-refractivity contribution in [3.63, 3.8) is 0 Å². The van der Waals surface area contributed by atoms with Gasteiger partial charge in [0.2, 0.25) is 0 Å². The van der Waals surface area contributed by atoms with E-state index in [9.17, 15) is 0 Å². The fourth-order valence-electron chi connectivity index (χ4n) is 3.69. The maximum Gasteiger partial charge on any atom is 0.0704 e. The first kappa shape index (κ1) is 17.9. The fraction of sp³-hybridized carbons (Fsp3) is 1.00. The Balaban J connectivity index is 2.39. The normalized spacial score (nSPS) is 28.8. The molecular weight excluding hydrogens is 252 g/mol. The Morgan fingerprint density at radius 1 is 1.10 bits per heavy atom. The van der Waals surface area contributed by atoms with Crippen LogP contribution in [-0.2, 0) is 14.2 Å². The average molecular weight is 286 g/mol. The maximum absolute atomic E-state index is 6.11. The smallest absolute Gasteiger partial charge is 0.0704 e. The highest BCUT2D eigenvalue weighted by atomic mass is 16.5. The lowest BCUT2D eigenvalue weighted by Crippen LogP contribution is -2.43. The van der Waals surface area contributed by atoms with E-state index in [-0.39, 0.29) is 0 Å². The van der Waals surface area contributed by atoms with Gasteiger partial charge in [0.05, 0.1) is 32.5 Å². The van der Waals surface area contributed by atoms with Gasteiger partial charge in [0.15, 0.2) is 0 Å². The van der Waals surface area contributed by atoms with Crippen LogP contribution in [0, 0.1) is 17.3 Å². The minimum Gasteiger partial charge on any atom is -0.382 e. The van der Waals surface area contributed by atoms with Crippen LogP contribution in [0.5, 0.6) is 0 Å². The molecule has 0 bridgehead atoms. The zero-order valence-electron chi connectivity index (χ0n) is 14.1. The van der Waals surface area contributed by atoms with E-state index in [0.29, 0.717) is 43.9 Å². The number of methoxy groups -OCH3 is 1. The van der Waals surface area contributed by atoms with Gasteiger partial charge in [0.25, 0.3) is 0 Å². The second kappa shape index (κ2) is 9.01. The molecule has 3 heteroatoms. The van der Waals surface area contributed by atoms with Crippen molar-refractivity contribution >= 4 is 0 Å². The predicted octanol–water partition coefficient (Wildman–Crippen LogP) is 3.91. The summed E-state index contributed by atoms with van der Waals surface area (Å²) in [6.45, 7) is 12.0. The molecule has 1 unspecified atom stereocenters. The predicted molar refractivity (Wildman–Crippen MR) is 83.0 cm³/mol. The van der Waals surface area contributed by atoms with E-state index < -0.39 is 0 Å². The first-order valence-electron chi connectivity index (χ1n) is 8.21. The number of hydrogen-bond acceptors (Lipinski definition) is 3. The molecule has 20 heavy (non-hydrogen) atoms. The molecule has 120 valence electrons. The highest BCUT2D eigenvalue weighted by molar-refractivity contribution is 4.92. The SMILES string of the molecule is COCCOCCO[C@@H](C)C1(C(C)C)CCC[C@@H](C)C1. The zero-order valence-corrected chi connectivity index (χ0v) is 14.1. The molecular formula is C17H34O3. The maximum atomic E-state index is 6.11. The summed E-state index contributed by atoms with van der Waals surface area (Å²) >= 11 is 0. The highest BCUT2D eigenvalue weighted by Gasteiger charge is 2.42. The van der Waals surface area contributed by atoms with Gasteiger partial charge in [-0.15, -0.1) is 0 Å². The van der Waals surface area contributed by atoms with Crippen LogP contribution < -0.4 is 0 Å². The number of hydrogen-bond donors (Lipinski definition) is 0. The van der Waals surface area contributed by atoms with Crippen molar-refractivity contribution in [3.05, 3.63) is 0 Å². The lowest BCUT2D eigenvalue weighted by atomic mass is 9.61. The molecule has 1 aliphatic rings. The van der Waals surface area contributed by atoms with Crippen LogP contribution >= 0.6 is 0 Å². The van der Waals surface area contributed by atoms with E-state index in [0.717, 1.165) is 5.92 Å². The third-order valence-electron chi connectivity index (χ3n) is 5.05. The van der Waals surface area contributed by atoms with E-state index in [2.05, 4.69) is 27.7 Å². The van der Waals surface area contributed by atoms with Gasteiger partial charge in [-0.2, -0.15) is 0 Å². The minimum atomic E-state index is 0.316. The first-order chi connectivity index (χ1) is 9.53. The van der Waals surface area contributed by atoms with Crippen molar-refractivity contribution in [3.8, 4) is 0 Å². The van der Waals surface area contributed by atoms with Crippen molar-refractivity contribution in [2.24, 2.45) is 17.3 Å². The molecule has 1 saturated carbocycles. The average Bonchev–Trinajstić information content (AvgIpc) is 2.42. The molecule has 3 atom stereocenters. The highest BCUT2D eigenvalue weighted by Crippen LogP contribution is 2.48. The molecule has 1 rings (SSSR count). The Morgan fingerprint density at radius 3 is 2.40 bits per heavy atom. The second-order valence-electron chi connectivity index (χ2n) is 6.71. The summed E-state index contributed by atoms with van der Waals surface area (Å²) in [5, 5.41) is 0. The van der Waals surface area contributed by atoms with Crippen LogP contribution in [0.3, 0.4) is 0 Å². The lowest BCUT2D eigenvalue weighted by molar-refractivity contribution is -0.0955. The summed E-state index contributed by atoms with van der Waals surface area (Å²) in [6, 6.07) is 0. The summed E-state index contributed by atoms with van der Waals surface area (Å²) in [6.07, 6.45) is 5.65. The van der Waals surface area contributed by atoms with Gasteiger partial charge in [-0.25, -0.2) is 0 Å². The molecule has 1 fully saturated rings. The monoisotopic (exact) mass is 286 g/mol. The van der Waals surface area contributed by atoms with E-state index in [4.69, 9.17) is 14.2 Å². The molecule has 0 aromatic heterocycles. The van der Waals surface area contributed by atoms with Crippen LogP contribution in [0.25, 0.3) is 0 Å². The van der Waals surface area contributed by atoms with E-state index >= 15 is 0 Å². The van der Waals surface area contributed by atoms with Gasteiger partial charge in [0.1, 0.15) is 0 Å². The topological polar surface area (TPSA) is 27.7 Å².